The third-order valence-corrected chi connectivity index (χ3v) is 7.49. The third-order valence-electron chi connectivity index (χ3n) is 7.49. The first-order chi connectivity index (χ1) is 17.5. The Bertz CT molecular complexity index is 1220. The molecule has 2 aliphatic rings. The molecule has 188 valence electrons. The number of carbonyl (C=O) groups excluding carboxylic acids is 2. The van der Waals surface area contributed by atoms with E-state index in [-0.39, 0.29) is 23.8 Å². The number of amides is 2. The van der Waals surface area contributed by atoms with Crippen molar-refractivity contribution in [1.29, 1.82) is 0 Å². The standard InChI is InChI=1S/C28H34N6O2/c1-18-25(19(2)33-32-18)20-12-14-22(15-13-20)30-28(36)26(21-8-4-3-5-9-21)31-27(35)24-16-17-29-34(24)23-10-6-7-11-23/h6-7,12-17,21,23,26H,3-5,8-11H2,1-2H3,(H,30,36)(H,31,35)(H,32,33)/t26-/m0/s1. The van der Waals surface area contributed by atoms with Gasteiger partial charge in [-0.2, -0.15) is 10.2 Å². The third kappa shape index (κ3) is 4.98. The van der Waals surface area contributed by atoms with E-state index in [1.165, 1.54) is 6.42 Å². The van der Waals surface area contributed by atoms with Crippen molar-refractivity contribution < 1.29 is 9.59 Å². The lowest BCUT2D eigenvalue weighted by Gasteiger charge is -2.30. The van der Waals surface area contributed by atoms with E-state index in [4.69, 9.17) is 0 Å². The second kappa shape index (κ2) is 10.5. The van der Waals surface area contributed by atoms with Crippen molar-refractivity contribution in [2.45, 2.75) is 70.9 Å². The van der Waals surface area contributed by atoms with Gasteiger partial charge >= 0.3 is 0 Å². The smallest absolute Gasteiger partial charge is 0.270 e. The van der Waals surface area contributed by atoms with Crippen molar-refractivity contribution in [2.24, 2.45) is 5.92 Å². The summed E-state index contributed by atoms with van der Waals surface area (Å²) in [6.07, 6.45) is 12.8. The normalized spacial score (nSPS) is 17.3. The van der Waals surface area contributed by atoms with Crippen LogP contribution in [0, 0.1) is 19.8 Å². The van der Waals surface area contributed by atoms with E-state index in [1.54, 1.807) is 16.9 Å². The zero-order chi connectivity index (χ0) is 25.1. The number of rotatable bonds is 7. The molecule has 5 rings (SSSR count). The fourth-order valence-corrected chi connectivity index (χ4v) is 5.58. The van der Waals surface area contributed by atoms with Crippen molar-refractivity contribution in [3.05, 3.63) is 65.8 Å². The van der Waals surface area contributed by atoms with Crippen molar-refractivity contribution in [3.63, 3.8) is 0 Å². The number of nitrogens with one attached hydrogen (secondary N) is 3. The Morgan fingerprint density at radius 1 is 1.03 bits per heavy atom. The molecule has 2 aromatic heterocycles. The maximum absolute atomic E-state index is 13.5. The highest BCUT2D eigenvalue weighted by Gasteiger charge is 2.32. The monoisotopic (exact) mass is 486 g/mol. The summed E-state index contributed by atoms with van der Waals surface area (Å²) in [6, 6.07) is 9.08. The second-order valence-electron chi connectivity index (χ2n) is 9.98. The zero-order valence-corrected chi connectivity index (χ0v) is 21.0. The highest BCUT2D eigenvalue weighted by atomic mass is 16.2. The molecule has 0 unspecified atom stereocenters. The lowest BCUT2D eigenvalue weighted by Crippen LogP contribution is -2.49. The molecule has 0 spiro atoms. The maximum Gasteiger partial charge on any atom is 0.270 e. The van der Waals surface area contributed by atoms with Crippen molar-refractivity contribution in [2.75, 3.05) is 5.32 Å². The quantitative estimate of drug-likeness (QED) is 0.404. The van der Waals surface area contributed by atoms with Crippen LogP contribution in [-0.4, -0.2) is 37.8 Å². The van der Waals surface area contributed by atoms with E-state index in [0.29, 0.717) is 11.4 Å². The summed E-state index contributed by atoms with van der Waals surface area (Å²) in [4.78, 5) is 26.9. The number of hydrogen-bond donors (Lipinski definition) is 3. The molecule has 2 amide bonds. The number of benzene rings is 1. The van der Waals surface area contributed by atoms with E-state index in [9.17, 15) is 9.59 Å². The van der Waals surface area contributed by atoms with Crippen LogP contribution in [0.3, 0.4) is 0 Å². The highest BCUT2D eigenvalue weighted by molar-refractivity contribution is 6.00. The van der Waals surface area contributed by atoms with Crippen LogP contribution in [0.5, 0.6) is 0 Å². The number of anilines is 1. The minimum atomic E-state index is -0.596. The molecule has 8 nitrogen and oxygen atoms in total. The summed E-state index contributed by atoms with van der Waals surface area (Å²) >= 11 is 0. The lowest BCUT2D eigenvalue weighted by molar-refractivity contribution is -0.119. The number of carbonyl (C=O) groups is 2. The average Bonchev–Trinajstić information content (AvgIpc) is 3.65. The second-order valence-corrected chi connectivity index (χ2v) is 9.98. The zero-order valence-electron chi connectivity index (χ0n) is 21.0. The highest BCUT2D eigenvalue weighted by Crippen LogP contribution is 2.30. The van der Waals surface area contributed by atoms with Crippen molar-refractivity contribution in [3.8, 4) is 11.1 Å². The SMILES string of the molecule is Cc1n[nH]c(C)c1-c1ccc(NC(=O)[C@@H](NC(=O)c2ccnn2C2CC=CC2)C2CCCCC2)cc1. The van der Waals surface area contributed by atoms with Crippen molar-refractivity contribution in [1.82, 2.24) is 25.3 Å². The number of nitrogens with zero attached hydrogens (tertiary/aromatic N) is 3. The van der Waals surface area contributed by atoms with Gasteiger partial charge in [0.25, 0.3) is 5.91 Å². The Labute approximate surface area is 211 Å². The lowest BCUT2D eigenvalue weighted by atomic mass is 9.83. The summed E-state index contributed by atoms with van der Waals surface area (Å²) in [5.41, 5.74) is 5.29. The van der Waals surface area contributed by atoms with Gasteiger partial charge in [-0.1, -0.05) is 43.5 Å². The molecule has 3 aromatic rings. The van der Waals surface area contributed by atoms with Gasteiger partial charge in [-0.05, 0) is 69.2 Å². The van der Waals surface area contributed by atoms with Crippen LogP contribution in [0.25, 0.3) is 11.1 Å². The number of aryl methyl sites for hydroxylation is 2. The first kappa shape index (κ1) is 24.0. The molecular weight excluding hydrogens is 452 g/mol. The van der Waals surface area contributed by atoms with Gasteiger partial charge < -0.3 is 10.6 Å². The summed E-state index contributed by atoms with van der Waals surface area (Å²) in [5.74, 6) is -0.304. The first-order valence-electron chi connectivity index (χ1n) is 12.9. The van der Waals surface area contributed by atoms with Gasteiger partial charge in [-0.25, -0.2) is 0 Å². The molecule has 1 atom stereocenters. The molecule has 1 saturated carbocycles. The summed E-state index contributed by atoms with van der Waals surface area (Å²) in [7, 11) is 0. The van der Waals surface area contributed by atoms with Crippen LogP contribution in [0.4, 0.5) is 5.69 Å². The molecule has 0 bridgehead atoms. The minimum absolute atomic E-state index is 0.114. The molecule has 36 heavy (non-hydrogen) atoms. The van der Waals surface area contributed by atoms with Crippen LogP contribution < -0.4 is 10.6 Å². The largest absolute Gasteiger partial charge is 0.339 e. The van der Waals surface area contributed by atoms with E-state index in [2.05, 4.69) is 38.1 Å². The predicted molar refractivity (Wildman–Crippen MR) is 140 cm³/mol. The molecule has 3 N–H and O–H groups in total. The molecule has 2 aliphatic carbocycles. The van der Waals surface area contributed by atoms with Gasteiger partial charge in [-0.15, -0.1) is 0 Å². The Hall–Kier alpha value is -3.68. The van der Waals surface area contributed by atoms with Gasteiger partial charge in [0.1, 0.15) is 11.7 Å². The van der Waals surface area contributed by atoms with E-state index in [0.717, 1.165) is 61.0 Å². The minimum Gasteiger partial charge on any atom is -0.339 e. The van der Waals surface area contributed by atoms with Crippen LogP contribution in [0.1, 0.15) is 72.9 Å². The Morgan fingerprint density at radius 2 is 1.75 bits per heavy atom. The molecule has 8 heteroatoms. The van der Waals surface area contributed by atoms with Crippen LogP contribution in [0.15, 0.2) is 48.7 Å². The first-order valence-corrected chi connectivity index (χ1v) is 12.9. The van der Waals surface area contributed by atoms with E-state index >= 15 is 0 Å². The average molecular weight is 487 g/mol. The Balaban J connectivity index is 1.32. The molecule has 0 radical (unpaired) electrons. The van der Waals surface area contributed by atoms with Crippen LogP contribution in [-0.2, 0) is 4.79 Å². The number of aromatic amines is 1. The number of aromatic nitrogens is 4. The number of allylic oxidation sites excluding steroid dienone is 2. The maximum atomic E-state index is 13.5. The van der Waals surface area contributed by atoms with Gasteiger partial charge in [0.05, 0.1) is 11.7 Å². The van der Waals surface area contributed by atoms with Crippen LogP contribution >= 0.6 is 0 Å². The van der Waals surface area contributed by atoms with Gasteiger partial charge in [0.15, 0.2) is 0 Å². The molecule has 0 aliphatic heterocycles. The Kier molecular flexibility index (Phi) is 7.02. The summed E-state index contributed by atoms with van der Waals surface area (Å²) in [5, 5.41) is 17.8. The molecular formula is C28H34N6O2. The number of hydrogen-bond acceptors (Lipinski definition) is 4. The van der Waals surface area contributed by atoms with E-state index < -0.39 is 6.04 Å². The molecule has 2 heterocycles. The number of H-pyrrole nitrogens is 1. The molecule has 1 aromatic carbocycles. The van der Waals surface area contributed by atoms with Gasteiger partial charge in [0.2, 0.25) is 5.91 Å². The Morgan fingerprint density at radius 3 is 2.42 bits per heavy atom. The summed E-state index contributed by atoms with van der Waals surface area (Å²) in [6.45, 7) is 3.97. The molecule has 0 saturated heterocycles. The fourth-order valence-electron chi connectivity index (χ4n) is 5.58. The summed E-state index contributed by atoms with van der Waals surface area (Å²) < 4.78 is 1.80. The van der Waals surface area contributed by atoms with Crippen LogP contribution in [0.2, 0.25) is 0 Å². The fraction of sp³-hybridized carbons (Fsp3) is 0.429. The molecule has 1 fully saturated rings. The van der Waals surface area contributed by atoms with Crippen molar-refractivity contribution >= 4 is 17.5 Å². The predicted octanol–water partition coefficient (Wildman–Crippen LogP) is 5.10. The van der Waals surface area contributed by atoms with Gasteiger partial charge in [0, 0.05) is 23.1 Å². The topological polar surface area (TPSA) is 105 Å². The van der Waals surface area contributed by atoms with Gasteiger partial charge in [-0.3, -0.25) is 19.4 Å². The van der Waals surface area contributed by atoms with E-state index in [1.807, 2.05) is 38.1 Å².